The van der Waals surface area contributed by atoms with E-state index in [9.17, 15) is 4.79 Å². The van der Waals surface area contributed by atoms with E-state index in [-0.39, 0.29) is 5.91 Å². The maximum absolute atomic E-state index is 13.2. The molecule has 0 bridgehead atoms. The van der Waals surface area contributed by atoms with Gasteiger partial charge in [0.1, 0.15) is 0 Å². The minimum atomic E-state index is -0.206. The van der Waals surface area contributed by atoms with E-state index in [1.54, 1.807) is 0 Å². The van der Waals surface area contributed by atoms with Crippen molar-refractivity contribution in [2.75, 3.05) is 5.32 Å². The summed E-state index contributed by atoms with van der Waals surface area (Å²) < 4.78 is 1.96. The first-order valence-electron chi connectivity index (χ1n) is 9.19. The number of aromatic nitrogens is 3. The number of rotatable bonds is 3. The lowest BCUT2D eigenvalue weighted by atomic mass is 10.1. The minimum absolute atomic E-state index is 0.206. The smallest absolute Gasteiger partial charge is 0.300 e. The summed E-state index contributed by atoms with van der Waals surface area (Å²) in [5.74, 6) is 0.586. The predicted octanol–water partition coefficient (Wildman–Crippen LogP) is 4.29. The molecule has 5 rings (SSSR count). The molecule has 29 heavy (non-hydrogen) atoms. The first-order chi connectivity index (χ1) is 14.2. The highest BCUT2D eigenvalue weighted by Gasteiger charge is 2.25. The average molecular weight is 401 g/mol. The molecule has 0 aliphatic rings. The number of benzene rings is 2. The minimum Gasteiger partial charge on any atom is -0.318 e. The van der Waals surface area contributed by atoms with Crippen LogP contribution in [0, 0.1) is 0 Å². The zero-order valence-corrected chi connectivity index (χ0v) is 16.1. The zero-order chi connectivity index (χ0) is 19.8. The second kappa shape index (κ2) is 7.04. The molecule has 0 fully saturated rings. The molecular formula is C23H17ClN4O+2. The van der Waals surface area contributed by atoms with Gasteiger partial charge in [-0.3, -0.25) is 4.79 Å². The van der Waals surface area contributed by atoms with Crippen molar-refractivity contribution in [3.63, 3.8) is 0 Å². The molecule has 0 aliphatic carbocycles. The van der Waals surface area contributed by atoms with Crippen LogP contribution in [0.25, 0.3) is 27.7 Å². The summed E-state index contributed by atoms with van der Waals surface area (Å²) >= 11 is 6.17. The van der Waals surface area contributed by atoms with Gasteiger partial charge in [-0.2, -0.15) is 4.40 Å². The predicted molar refractivity (Wildman–Crippen MR) is 113 cm³/mol. The summed E-state index contributed by atoms with van der Waals surface area (Å²) in [6, 6.07) is 21.1. The molecule has 3 heterocycles. The molecule has 0 saturated carbocycles. The van der Waals surface area contributed by atoms with Gasteiger partial charge in [0, 0.05) is 27.5 Å². The second-order valence-electron chi connectivity index (χ2n) is 6.72. The van der Waals surface area contributed by atoms with Crippen LogP contribution in [0.1, 0.15) is 10.5 Å². The van der Waals surface area contributed by atoms with E-state index in [2.05, 4.69) is 15.3 Å². The van der Waals surface area contributed by atoms with Gasteiger partial charge in [-0.25, -0.2) is 9.97 Å². The van der Waals surface area contributed by atoms with Gasteiger partial charge in [0.15, 0.2) is 17.9 Å². The Kier molecular flexibility index (Phi) is 4.22. The number of amides is 1. The molecule has 5 nitrogen and oxygen atoms in total. The molecule has 0 radical (unpaired) electrons. The first-order valence-corrected chi connectivity index (χ1v) is 9.57. The molecule has 2 aromatic carbocycles. The lowest BCUT2D eigenvalue weighted by Crippen LogP contribution is -2.22. The number of halogens is 1. The molecule has 6 heteroatoms. The van der Waals surface area contributed by atoms with Gasteiger partial charge in [-0.1, -0.05) is 29.8 Å². The van der Waals surface area contributed by atoms with Crippen LogP contribution < -0.4 is 14.7 Å². The summed E-state index contributed by atoms with van der Waals surface area (Å²) in [6.45, 7) is 0. The van der Waals surface area contributed by atoms with Crippen molar-refractivity contribution in [1.82, 2.24) is 4.98 Å². The van der Waals surface area contributed by atoms with Crippen molar-refractivity contribution in [3.05, 3.63) is 96.0 Å². The van der Waals surface area contributed by atoms with E-state index < -0.39 is 0 Å². The number of fused-ring (bicyclic) bond motifs is 2. The molecule has 0 spiro atoms. The molecular weight excluding hydrogens is 384 g/mol. The van der Waals surface area contributed by atoms with Crippen LogP contribution >= 0.6 is 11.6 Å². The number of aromatic amines is 2. The van der Waals surface area contributed by atoms with E-state index in [4.69, 9.17) is 11.6 Å². The van der Waals surface area contributed by atoms with Gasteiger partial charge in [0.25, 0.3) is 11.7 Å². The van der Waals surface area contributed by atoms with Crippen LogP contribution in [-0.2, 0) is 0 Å². The number of carbonyl (C=O) groups excluding carboxylic acids is 1. The van der Waals surface area contributed by atoms with E-state index in [0.717, 1.165) is 33.4 Å². The van der Waals surface area contributed by atoms with Gasteiger partial charge >= 0.3 is 0 Å². The SMILES string of the molecule is O=C(Nc1cccc2c[nH+]ccc12)c1[nH]c(-c2cccc(Cl)c2)[n+]2ccccc12. The Balaban J connectivity index is 1.61. The van der Waals surface area contributed by atoms with Crippen LogP contribution in [0.2, 0.25) is 5.02 Å². The highest BCUT2D eigenvalue weighted by Crippen LogP contribution is 2.24. The van der Waals surface area contributed by atoms with Gasteiger partial charge < -0.3 is 5.32 Å². The first kappa shape index (κ1) is 17.4. The zero-order valence-electron chi connectivity index (χ0n) is 15.3. The monoisotopic (exact) mass is 400 g/mol. The number of carbonyl (C=O) groups is 1. The molecule has 3 N–H and O–H groups in total. The van der Waals surface area contributed by atoms with Crippen LogP contribution in [0.4, 0.5) is 5.69 Å². The Morgan fingerprint density at radius 3 is 2.83 bits per heavy atom. The Morgan fingerprint density at radius 2 is 1.93 bits per heavy atom. The van der Waals surface area contributed by atoms with E-state index in [0.29, 0.717) is 10.7 Å². The van der Waals surface area contributed by atoms with Crippen LogP contribution in [0.15, 0.2) is 85.3 Å². The molecule has 0 unspecified atom stereocenters. The topological polar surface area (TPSA) is 63.1 Å². The van der Waals surface area contributed by atoms with Crippen molar-refractivity contribution in [2.24, 2.45) is 0 Å². The van der Waals surface area contributed by atoms with Crippen LogP contribution in [0.3, 0.4) is 0 Å². The lowest BCUT2D eigenvalue weighted by Gasteiger charge is -2.05. The van der Waals surface area contributed by atoms with Gasteiger partial charge in [0.05, 0.1) is 11.8 Å². The Morgan fingerprint density at radius 1 is 1.03 bits per heavy atom. The maximum Gasteiger partial charge on any atom is 0.300 e. The van der Waals surface area contributed by atoms with Crippen LogP contribution in [-0.4, -0.2) is 10.9 Å². The molecule has 5 aromatic rings. The highest BCUT2D eigenvalue weighted by atomic mass is 35.5. The number of H-pyrrole nitrogens is 2. The number of pyridine rings is 2. The van der Waals surface area contributed by atoms with Crippen LogP contribution in [0.5, 0.6) is 0 Å². The lowest BCUT2D eigenvalue weighted by molar-refractivity contribution is -0.498. The number of nitrogens with one attached hydrogen (secondary N) is 3. The van der Waals surface area contributed by atoms with E-state index >= 15 is 0 Å². The number of nitrogens with zero attached hydrogens (tertiary/aromatic N) is 1. The highest BCUT2D eigenvalue weighted by molar-refractivity contribution is 6.30. The normalized spacial score (nSPS) is 11.1. The summed E-state index contributed by atoms with van der Waals surface area (Å²) in [5, 5.41) is 5.68. The fraction of sp³-hybridized carbons (Fsp3) is 0. The average Bonchev–Trinajstić information content (AvgIpc) is 3.14. The number of anilines is 1. The number of hydrogen-bond acceptors (Lipinski definition) is 1. The fourth-order valence-electron chi connectivity index (χ4n) is 3.56. The fourth-order valence-corrected chi connectivity index (χ4v) is 3.75. The van der Waals surface area contributed by atoms with Gasteiger partial charge in [0.2, 0.25) is 5.69 Å². The van der Waals surface area contributed by atoms with Crippen molar-refractivity contribution in [1.29, 1.82) is 0 Å². The molecule has 140 valence electrons. The van der Waals surface area contributed by atoms with Gasteiger partial charge in [-0.05, 0) is 42.5 Å². The standard InChI is InChI=1S/C23H15ClN4O/c24-17-7-3-5-15(13-17)22-27-21(20-9-1-2-12-28(20)22)23(29)26-19-8-4-6-16-14-25-11-10-18(16)19/h1-14H,(H,26,29)/p+2. The summed E-state index contributed by atoms with van der Waals surface area (Å²) in [7, 11) is 0. The Bertz CT molecular complexity index is 1370. The molecule has 3 aromatic heterocycles. The Labute approximate surface area is 171 Å². The molecule has 0 atom stereocenters. The molecule has 1 amide bonds. The van der Waals surface area contributed by atoms with Crippen molar-refractivity contribution in [2.45, 2.75) is 0 Å². The number of imidazole rings is 1. The van der Waals surface area contributed by atoms with E-state index in [1.807, 2.05) is 89.7 Å². The maximum atomic E-state index is 13.2. The number of hydrogen-bond donors (Lipinski definition) is 2. The van der Waals surface area contributed by atoms with Gasteiger partial charge in [-0.15, -0.1) is 0 Å². The summed E-state index contributed by atoms with van der Waals surface area (Å²) in [4.78, 5) is 19.5. The quantitative estimate of drug-likeness (QED) is 0.436. The van der Waals surface area contributed by atoms with Crippen molar-refractivity contribution in [3.8, 4) is 11.4 Å². The van der Waals surface area contributed by atoms with Crippen molar-refractivity contribution >= 4 is 39.5 Å². The third kappa shape index (κ3) is 3.11. The van der Waals surface area contributed by atoms with Crippen molar-refractivity contribution < 1.29 is 14.2 Å². The third-order valence-corrected chi connectivity index (χ3v) is 5.13. The third-order valence-electron chi connectivity index (χ3n) is 4.90. The summed E-state index contributed by atoms with van der Waals surface area (Å²) in [6.07, 6.45) is 5.67. The Hall–Kier alpha value is -3.70. The largest absolute Gasteiger partial charge is 0.318 e. The molecule has 0 aliphatic heterocycles. The summed E-state index contributed by atoms with van der Waals surface area (Å²) in [5.41, 5.74) is 2.93. The molecule has 0 saturated heterocycles. The second-order valence-corrected chi connectivity index (χ2v) is 7.16. The van der Waals surface area contributed by atoms with E-state index in [1.165, 1.54) is 0 Å².